The van der Waals surface area contributed by atoms with Crippen molar-refractivity contribution in [2.45, 2.75) is 91.5 Å². The largest absolute Gasteiger partial charge is 0.359 e. The summed E-state index contributed by atoms with van der Waals surface area (Å²) in [5.41, 5.74) is 5.46. The molecule has 1 fully saturated rings. The van der Waals surface area contributed by atoms with Crippen molar-refractivity contribution in [3.8, 4) is 0 Å². The fourth-order valence-corrected chi connectivity index (χ4v) is 4.14. The first-order chi connectivity index (χ1) is 12.0. The van der Waals surface area contributed by atoms with E-state index in [0.717, 1.165) is 18.0 Å². The molecule has 25 heavy (non-hydrogen) atoms. The van der Waals surface area contributed by atoms with E-state index in [-0.39, 0.29) is 0 Å². The average molecular weight is 361 g/mol. The van der Waals surface area contributed by atoms with Crippen molar-refractivity contribution in [1.29, 1.82) is 0 Å². The summed E-state index contributed by atoms with van der Waals surface area (Å²) < 4.78 is 0. The zero-order valence-corrected chi connectivity index (χ0v) is 17.6. The minimum atomic E-state index is 0.517. The van der Waals surface area contributed by atoms with E-state index in [1.54, 1.807) is 0 Å². The predicted molar refractivity (Wildman–Crippen MR) is 115 cm³/mol. The van der Waals surface area contributed by atoms with E-state index in [1.807, 2.05) is 0 Å². The number of anilines is 1. The van der Waals surface area contributed by atoms with Crippen LogP contribution in [0.3, 0.4) is 0 Å². The van der Waals surface area contributed by atoms with Crippen molar-refractivity contribution in [3.05, 3.63) is 28.8 Å². The molecular formula is C22H36N2S. The second-order valence-corrected chi connectivity index (χ2v) is 8.11. The maximum atomic E-state index is 5.67. The van der Waals surface area contributed by atoms with Crippen LogP contribution in [0.5, 0.6) is 0 Å². The summed E-state index contributed by atoms with van der Waals surface area (Å²) in [6.07, 6.45) is 8.45. The van der Waals surface area contributed by atoms with Crippen LogP contribution in [0.2, 0.25) is 0 Å². The third kappa shape index (κ3) is 5.20. The highest BCUT2D eigenvalue weighted by molar-refractivity contribution is 7.80. The molecule has 140 valence electrons. The molecule has 0 amide bonds. The van der Waals surface area contributed by atoms with E-state index in [0.29, 0.717) is 17.9 Å². The minimum Gasteiger partial charge on any atom is -0.359 e. The fourth-order valence-electron chi connectivity index (χ4n) is 3.88. The van der Waals surface area contributed by atoms with Crippen LogP contribution in [-0.2, 0) is 12.8 Å². The number of hydrogen-bond acceptors (Lipinski definition) is 1. The van der Waals surface area contributed by atoms with Crippen molar-refractivity contribution >= 4 is 23.0 Å². The minimum absolute atomic E-state index is 0.517. The lowest BCUT2D eigenvalue weighted by Gasteiger charge is -2.31. The van der Waals surface area contributed by atoms with Crippen LogP contribution in [-0.4, -0.2) is 11.2 Å². The normalized spacial score (nSPS) is 21.6. The third-order valence-electron chi connectivity index (χ3n) is 5.93. The van der Waals surface area contributed by atoms with Crippen LogP contribution in [0.1, 0.15) is 89.3 Å². The fraction of sp³-hybridized carbons (Fsp3) is 0.682. The topological polar surface area (TPSA) is 24.1 Å². The number of benzene rings is 1. The summed E-state index contributed by atoms with van der Waals surface area (Å²) >= 11 is 5.67. The van der Waals surface area contributed by atoms with Gasteiger partial charge in [-0.05, 0) is 72.8 Å². The molecule has 2 rings (SSSR count). The smallest absolute Gasteiger partial charge is 0.171 e. The van der Waals surface area contributed by atoms with Crippen molar-refractivity contribution in [2.75, 3.05) is 5.32 Å². The molecule has 0 radical (unpaired) electrons. The molecule has 3 atom stereocenters. The maximum Gasteiger partial charge on any atom is 0.171 e. The maximum absolute atomic E-state index is 5.67. The summed E-state index contributed by atoms with van der Waals surface area (Å²) in [5, 5.41) is 7.93. The van der Waals surface area contributed by atoms with Crippen molar-refractivity contribution in [3.63, 3.8) is 0 Å². The summed E-state index contributed by atoms with van der Waals surface area (Å²) in [7, 11) is 0. The van der Waals surface area contributed by atoms with Crippen LogP contribution >= 0.6 is 12.2 Å². The second kappa shape index (κ2) is 9.56. The van der Waals surface area contributed by atoms with Crippen LogP contribution in [0.4, 0.5) is 5.69 Å². The van der Waals surface area contributed by atoms with E-state index in [2.05, 4.69) is 57.4 Å². The van der Waals surface area contributed by atoms with Gasteiger partial charge < -0.3 is 10.6 Å². The Balaban J connectivity index is 2.18. The second-order valence-electron chi connectivity index (χ2n) is 7.70. The van der Waals surface area contributed by atoms with Gasteiger partial charge in [-0.2, -0.15) is 0 Å². The Kier molecular flexibility index (Phi) is 7.74. The Labute approximate surface area is 160 Å². The summed E-state index contributed by atoms with van der Waals surface area (Å²) in [6, 6.07) is 5.27. The zero-order chi connectivity index (χ0) is 18.4. The van der Waals surface area contributed by atoms with Crippen molar-refractivity contribution < 1.29 is 0 Å². The first-order valence-corrected chi connectivity index (χ1v) is 10.6. The Bertz CT molecular complexity index is 556. The Morgan fingerprint density at radius 3 is 2.24 bits per heavy atom. The molecule has 1 aliphatic rings. The van der Waals surface area contributed by atoms with E-state index in [4.69, 9.17) is 12.2 Å². The van der Waals surface area contributed by atoms with Gasteiger partial charge in [0.15, 0.2) is 5.11 Å². The van der Waals surface area contributed by atoms with E-state index >= 15 is 0 Å². The Morgan fingerprint density at radius 1 is 1.12 bits per heavy atom. The average Bonchev–Trinajstić information content (AvgIpc) is 2.62. The lowest BCUT2D eigenvalue weighted by Crippen LogP contribution is -2.43. The van der Waals surface area contributed by atoms with Gasteiger partial charge >= 0.3 is 0 Å². The number of nitrogens with one attached hydrogen (secondary N) is 2. The molecule has 1 aliphatic carbocycles. The number of aryl methyl sites for hydroxylation is 2. The molecule has 0 bridgehead atoms. The summed E-state index contributed by atoms with van der Waals surface area (Å²) in [6.45, 7) is 11.4. The summed E-state index contributed by atoms with van der Waals surface area (Å²) in [4.78, 5) is 0. The molecule has 0 spiro atoms. The lowest BCUT2D eigenvalue weighted by atomic mass is 9.86. The van der Waals surface area contributed by atoms with E-state index < -0.39 is 0 Å². The molecule has 0 aliphatic heterocycles. The molecule has 1 saturated carbocycles. The Hall–Kier alpha value is -1.09. The molecule has 1 aromatic carbocycles. The first kappa shape index (κ1) is 20.2. The van der Waals surface area contributed by atoms with Gasteiger partial charge in [-0.15, -0.1) is 0 Å². The lowest BCUT2D eigenvalue weighted by molar-refractivity contribution is 0.309. The number of hydrogen-bond donors (Lipinski definition) is 2. The molecule has 3 unspecified atom stereocenters. The highest BCUT2D eigenvalue weighted by Gasteiger charge is 2.22. The van der Waals surface area contributed by atoms with Crippen molar-refractivity contribution in [2.24, 2.45) is 5.92 Å². The number of rotatable bonds is 6. The predicted octanol–water partition coefficient (Wildman–Crippen LogP) is 6.19. The third-order valence-corrected chi connectivity index (χ3v) is 6.15. The van der Waals surface area contributed by atoms with Crippen molar-refractivity contribution in [1.82, 2.24) is 5.32 Å². The molecule has 2 N–H and O–H groups in total. The highest BCUT2D eigenvalue weighted by atomic mass is 32.1. The zero-order valence-electron chi connectivity index (χ0n) is 16.7. The molecule has 0 heterocycles. The monoisotopic (exact) mass is 360 g/mol. The van der Waals surface area contributed by atoms with Gasteiger partial charge in [-0.25, -0.2) is 0 Å². The van der Waals surface area contributed by atoms with Gasteiger partial charge in [0.25, 0.3) is 0 Å². The molecule has 0 saturated heterocycles. The number of thiocarbonyl (C=S) groups is 1. The Morgan fingerprint density at radius 2 is 1.72 bits per heavy atom. The molecule has 2 nitrogen and oxygen atoms in total. The van der Waals surface area contributed by atoms with Gasteiger partial charge in [-0.1, -0.05) is 59.6 Å². The van der Waals surface area contributed by atoms with E-state index in [9.17, 15) is 0 Å². The molecule has 0 aromatic heterocycles. The van der Waals surface area contributed by atoms with E-state index in [1.165, 1.54) is 54.5 Å². The van der Waals surface area contributed by atoms with Gasteiger partial charge in [0.05, 0.1) is 0 Å². The van der Waals surface area contributed by atoms with Crippen LogP contribution in [0.25, 0.3) is 0 Å². The van der Waals surface area contributed by atoms with Gasteiger partial charge in [0, 0.05) is 11.7 Å². The first-order valence-electron chi connectivity index (χ1n) is 10.2. The molecular weight excluding hydrogens is 324 g/mol. The van der Waals surface area contributed by atoms with Crippen LogP contribution < -0.4 is 10.6 Å². The molecule has 1 aromatic rings. The van der Waals surface area contributed by atoms with Gasteiger partial charge in [-0.3, -0.25) is 0 Å². The quantitative estimate of drug-likeness (QED) is 0.591. The van der Waals surface area contributed by atoms with Gasteiger partial charge in [0.2, 0.25) is 0 Å². The van der Waals surface area contributed by atoms with Crippen LogP contribution in [0, 0.1) is 5.92 Å². The van der Waals surface area contributed by atoms with Gasteiger partial charge in [0.1, 0.15) is 0 Å². The SMILES string of the molecule is CCc1cc(C(C)CC)cc(CC)c1NC(=S)NC1CCCCC1C. The highest BCUT2D eigenvalue weighted by Crippen LogP contribution is 2.30. The van der Waals surface area contributed by atoms with Crippen LogP contribution in [0.15, 0.2) is 12.1 Å². The standard InChI is InChI=1S/C22H36N2S/c1-6-15(4)19-13-17(7-2)21(18(8-3)14-19)24-22(25)23-20-12-10-9-11-16(20)5/h13-16,20H,6-12H2,1-5H3,(H2,23,24,25). The molecule has 3 heteroatoms. The summed E-state index contributed by atoms with van der Waals surface area (Å²) in [5.74, 6) is 1.32.